The van der Waals surface area contributed by atoms with E-state index in [4.69, 9.17) is 0 Å². The Hall–Kier alpha value is -0.500. The number of sulfonamides is 1. The van der Waals surface area contributed by atoms with Crippen LogP contribution in [-0.4, -0.2) is 25.2 Å². The number of hydrogen-bond acceptors (Lipinski definition) is 3. The molecule has 1 fully saturated rings. The molecule has 1 aliphatic rings. The molecule has 2 rings (SSSR count). The summed E-state index contributed by atoms with van der Waals surface area (Å²) in [6.07, 6.45) is 2.25. The fraction of sp³-hybridized carbons (Fsp3) is 0.538. The number of nitrogens with one attached hydrogen (secondary N) is 1. The first-order valence-electron chi connectivity index (χ1n) is 6.39. The van der Waals surface area contributed by atoms with E-state index in [0.717, 1.165) is 6.07 Å². The van der Waals surface area contributed by atoms with Crippen molar-refractivity contribution < 1.29 is 17.9 Å². The van der Waals surface area contributed by atoms with Crippen molar-refractivity contribution in [3.05, 3.63) is 28.5 Å². The Morgan fingerprint density at radius 2 is 2.00 bits per heavy atom. The Morgan fingerprint density at radius 3 is 2.55 bits per heavy atom. The van der Waals surface area contributed by atoms with Crippen LogP contribution in [0, 0.1) is 5.82 Å². The molecule has 0 spiro atoms. The van der Waals surface area contributed by atoms with Crippen molar-refractivity contribution in [3.63, 3.8) is 0 Å². The van der Waals surface area contributed by atoms with E-state index in [-0.39, 0.29) is 15.4 Å². The summed E-state index contributed by atoms with van der Waals surface area (Å²) >= 11 is 2.99. The number of rotatable bonds is 3. The summed E-state index contributed by atoms with van der Waals surface area (Å²) in [6, 6.07) is 3.50. The zero-order valence-corrected chi connectivity index (χ0v) is 13.5. The standard InChI is InChI=1S/C13H17BrFNO3S/c1-13(17)6-4-9(5-7-13)16-20(18,19)10-2-3-11(14)12(15)8-10/h2-3,8-9,16-17H,4-7H2,1H3. The number of aliphatic hydroxyl groups is 1. The van der Waals surface area contributed by atoms with Crippen molar-refractivity contribution in [3.8, 4) is 0 Å². The topological polar surface area (TPSA) is 66.4 Å². The third-order valence-corrected chi connectivity index (χ3v) is 5.75. The van der Waals surface area contributed by atoms with Crippen LogP contribution in [0.5, 0.6) is 0 Å². The van der Waals surface area contributed by atoms with E-state index < -0.39 is 21.4 Å². The van der Waals surface area contributed by atoms with Gasteiger partial charge in [-0.05, 0) is 66.7 Å². The van der Waals surface area contributed by atoms with Gasteiger partial charge in [-0.15, -0.1) is 0 Å². The van der Waals surface area contributed by atoms with Gasteiger partial charge >= 0.3 is 0 Å². The molecule has 0 radical (unpaired) electrons. The van der Waals surface area contributed by atoms with Crippen LogP contribution in [0.25, 0.3) is 0 Å². The minimum Gasteiger partial charge on any atom is -0.390 e. The largest absolute Gasteiger partial charge is 0.390 e. The van der Waals surface area contributed by atoms with Gasteiger partial charge in [-0.3, -0.25) is 0 Å². The highest BCUT2D eigenvalue weighted by Crippen LogP contribution is 2.28. The van der Waals surface area contributed by atoms with Crippen LogP contribution in [0.15, 0.2) is 27.6 Å². The monoisotopic (exact) mass is 365 g/mol. The van der Waals surface area contributed by atoms with E-state index in [2.05, 4.69) is 20.7 Å². The first kappa shape index (κ1) is 15.9. The minimum atomic E-state index is -3.73. The highest BCUT2D eigenvalue weighted by molar-refractivity contribution is 9.10. The summed E-state index contributed by atoms with van der Waals surface area (Å²) in [6.45, 7) is 1.75. The van der Waals surface area contributed by atoms with Gasteiger partial charge in [-0.1, -0.05) is 0 Å². The first-order chi connectivity index (χ1) is 9.20. The molecule has 0 saturated heterocycles. The van der Waals surface area contributed by atoms with Gasteiger partial charge in [-0.2, -0.15) is 0 Å². The van der Waals surface area contributed by atoms with E-state index in [1.165, 1.54) is 12.1 Å². The molecule has 0 unspecified atom stereocenters. The van der Waals surface area contributed by atoms with Crippen LogP contribution in [0.4, 0.5) is 4.39 Å². The maximum Gasteiger partial charge on any atom is 0.240 e. The Morgan fingerprint density at radius 1 is 1.40 bits per heavy atom. The SMILES string of the molecule is CC1(O)CCC(NS(=O)(=O)c2ccc(Br)c(F)c2)CC1. The molecule has 0 heterocycles. The predicted octanol–water partition coefficient (Wildman–Crippen LogP) is 2.56. The highest BCUT2D eigenvalue weighted by atomic mass is 79.9. The Labute approximate surface area is 126 Å². The van der Waals surface area contributed by atoms with Crippen LogP contribution < -0.4 is 4.72 Å². The maximum atomic E-state index is 13.4. The summed E-state index contributed by atoms with van der Waals surface area (Å²) < 4.78 is 40.6. The molecule has 112 valence electrons. The lowest BCUT2D eigenvalue weighted by Crippen LogP contribution is -2.42. The fourth-order valence-corrected chi connectivity index (χ4v) is 3.85. The molecular weight excluding hydrogens is 349 g/mol. The molecule has 4 nitrogen and oxygen atoms in total. The molecule has 0 atom stereocenters. The average Bonchev–Trinajstić information content (AvgIpc) is 2.35. The molecule has 20 heavy (non-hydrogen) atoms. The highest BCUT2D eigenvalue weighted by Gasteiger charge is 2.31. The smallest absolute Gasteiger partial charge is 0.240 e. The Kier molecular flexibility index (Phi) is 4.53. The second kappa shape index (κ2) is 5.71. The van der Waals surface area contributed by atoms with E-state index in [1.54, 1.807) is 6.92 Å². The zero-order chi connectivity index (χ0) is 15.0. The molecule has 0 amide bonds. The van der Waals surface area contributed by atoms with E-state index in [0.29, 0.717) is 25.7 Å². The molecule has 2 N–H and O–H groups in total. The van der Waals surface area contributed by atoms with Crippen molar-refractivity contribution in [1.29, 1.82) is 0 Å². The third-order valence-electron chi connectivity index (χ3n) is 3.59. The van der Waals surface area contributed by atoms with Crippen LogP contribution in [0.2, 0.25) is 0 Å². The van der Waals surface area contributed by atoms with E-state index >= 15 is 0 Å². The summed E-state index contributed by atoms with van der Waals surface area (Å²) in [4.78, 5) is -0.0875. The molecule has 1 aromatic rings. The molecular formula is C13H17BrFNO3S. The van der Waals surface area contributed by atoms with Gasteiger partial charge in [0, 0.05) is 6.04 Å². The molecule has 0 aromatic heterocycles. The van der Waals surface area contributed by atoms with Crippen molar-refractivity contribution in [2.75, 3.05) is 0 Å². The van der Waals surface area contributed by atoms with Gasteiger partial charge in [0.05, 0.1) is 15.0 Å². The molecule has 1 saturated carbocycles. The molecule has 1 aromatic carbocycles. The van der Waals surface area contributed by atoms with Crippen LogP contribution >= 0.6 is 15.9 Å². The summed E-state index contributed by atoms with van der Waals surface area (Å²) in [5.41, 5.74) is -0.717. The van der Waals surface area contributed by atoms with Crippen molar-refractivity contribution >= 4 is 26.0 Å². The summed E-state index contributed by atoms with van der Waals surface area (Å²) in [5, 5.41) is 9.84. The lowest BCUT2D eigenvalue weighted by molar-refractivity contribution is 0.0163. The van der Waals surface area contributed by atoms with Gasteiger partial charge in [0.2, 0.25) is 10.0 Å². The van der Waals surface area contributed by atoms with Gasteiger partial charge in [0.15, 0.2) is 0 Å². The van der Waals surface area contributed by atoms with Crippen molar-refractivity contribution in [2.45, 2.75) is 49.1 Å². The zero-order valence-electron chi connectivity index (χ0n) is 11.1. The summed E-state index contributed by atoms with van der Waals surface area (Å²) in [5.74, 6) is -0.612. The maximum absolute atomic E-state index is 13.4. The van der Waals surface area contributed by atoms with Crippen LogP contribution in [-0.2, 0) is 10.0 Å². The molecule has 0 bridgehead atoms. The lowest BCUT2D eigenvalue weighted by atomic mass is 9.84. The molecule has 1 aliphatic carbocycles. The predicted molar refractivity (Wildman–Crippen MR) is 77.3 cm³/mol. The van der Waals surface area contributed by atoms with Crippen LogP contribution in [0.3, 0.4) is 0 Å². The number of hydrogen-bond donors (Lipinski definition) is 2. The van der Waals surface area contributed by atoms with Gasteiger partial charge < -0.3 is 5.11 Å². The third kappa shape index (κ3) is 3.78. The Bertz CT molecular complexity index is 594. The van der Waals surface area contributed by atoms with Gasteiger partial charge in [0.1, 0.15) is 5.82 Å². The molecule has 7 heteroatoms. The Balaban J connectivity index is 2.10. The quantitative estimate of drug-likeness (QED) is 0.864. The average molecular weight is 366 g/mol. The lowest BCUT2D eigenvalue weighted by Gasteiger charge is -2.33. The number of halogens is 2. The van der Waals surface area contributed by atoms with Gasteiger partial charge in [-0.25, -0.2) is 17.5 Å². The normalized spacial score (nSPS) is 27.5. The number of benzene rings is 1. The second-order valence-corrected chi connectivity index (χ2v) is 8.04. The van der Waals surface area contributed by atoms with Gasteiger partial charge in [0.25, 0.3) is 0 Å². The molecule has 0 aliphatic heterocycles. The second-order valence-electron chi connectivity index (χ2n) is 5.47. The fourth-order valence-electron chi connectivity index (χ4n) is 2.29. The van der Waals surface area contributed by atoms with Crippen molar-refractivity contribution in [2.24, 2.45) is 0 Å². The van der Waals surface area contributed by atoms with Crippen molar-refractivity contribution in [1.82, 2.24) is 4.72 Å². The van der Waals surface area contributed by atoms with E-state index in [9.17, 15) is 17.9 Å². The minimum absolute atomic E-state index is 0.0875. The first-order valence-corrected chi connectivity index (χ1v) is 8.67. The van der Waals surface area contributed by atoms with E-state index in [1.807, 2.05) is 0 Å². The van der Waals surface area contributed by atoms with Crippen LogP contribution in [0.1, 0.15) is 32.6 Å². The summed E-state index contributed by atoms with van der Waals surface area (Å²) in [7, 11) is -3.73.